The van der Waals surface area contributed by atoms with Crippen LogP contribution >= 0.6 is 11.6 Å². The first kappa shape index (κ1) is 31.8. The minimum atomic E-state index is -0.683. The molecule has 8 nitrogen and oxygen atoms in total. The molecule has 0 saturated heterocycles. The molecule has 3 rings (SSSR count). The average molecular weight is 572 g/mol. The van der Waals surface area contributed by atoms with E-state index in [0.29, 0.717) is 28.8 Å². The van der Waals surface area contributed by atoms with Crippen LogP contribution in [0.25, 0.3) is 17.0 Å². The van der Waals surface area contributed by atoms with Gasteiger partial charge in [0.25, 0.3) is 5.91 Å². The molecule has 0 unspecified atom stereocenters. The number of unbranched alkanes of at least 4 members (excludes halogenated alkanes) is 11. The fourth-order valence-corrected chi connectivity index (χ4v) is 5.05. The van der Waals surface area contributed by atoms with Crippen LogP contribution < -0.4 is 5.32 Å². The summed E-state index contributed by atoms with van der Waals surface area (Å²) in [6, 6.07) is 7.01. The molecule has 0 saturated carbocycles. The molecular weight excluding hydrogens is 526 g/mol. The third-order valence-corrected chi connectivity index (χ3v) is 7.38. The molecule has 0 atom stereocenters. The van der Waals surface area contributed by atoms with Gasteiger partial charge in [-0.1, -0.05) is 110 Å². The third-order valence-electron chi connectivity index (χ3n) is 7.02. The van der Waals surface area contributed by atoms with Crippen molar-refractivity contribution in [3.05, 3.63) is 35.0 Å². The van der Waals surface area contributed by atoms with Gasteiger partial charge in [0.15, 0.2) is 11.5 Å². The van der Waals surface area contributed by atoms with Gasteiger partial charge in [-0.3, -0.25) is 14.7 Å². The van der Waals surface area contributed by atoms with Crippen LogP contribution in [0.3, 0.4) is 0 Å². The summed E-state index contributed by atoms with van der Waals surface area (Å²) >= 11 is 6.51. The van der Waals surface area contributed by atoms with E-state index in [1.54, 1.807) is 28.9 Å². The van der Waals surface area contributed by atoms with Gasteiger partial charge < -0.3 is 10.1 Å². The van der Waals surface area contributed by atoms with Gasteiger partial charge in [-0.15, -0.1) is 5.10 Å². The number of H-pyrrole nitrogens is 1. The summed E-state index contributed by atoms with van der Waals surface area (Å²) in [6.45, 7) is 8.74. The van der Waals surface area contributed by atoms with Gasteiger partial charge in [0.05, 0.1) is 5.69 Å². The van der Waals surface area contributed by atoms with Crippen molar-refractivity contribution in [2.45, 2.75) is 110 Å². The number of aromatic amines is 1. The van der Waals surface area contributed by atoms with Gasteiger partial charge >= 0.3 is 0 Å². The van der Waals surface area contributed by atoms with Crippen molar-refractivity contribution in [3.8, 4) is 11.4 Å². The molecular formula is C31H46ClN5O3. The van der Waals surface area contributed by atoms with Crippen molar-refractivity contribution in [1.29, 1.82) is 0 Å². The molecule has 0 fully saturated rings. The Labute approximate surface area is 243 Å². The Morgan fingerprint density at radius 3 is 2.05 bits per heavy atom. The van der Waals surface area contributed by atoms with Crippen LogP contribution in [0.2, 0.25) is 5.02 Å². The van der Waals surface area contributed by atoms with E-state index < -0.39 is 11.7 Å². The number of carbonyl (C=O) groups is 2. The number of benzene rings is 1. The molecule has 40 heavy (non-hydrogen) atoms. The van der Waals surface area contributed by atoms with Crippen LogP contribution in [0.4, 0.5) is 5.69 Å². The summed E-state index contributed by atoms with van der Waals surface area (Å²) < 4.78 is 7.01. The average Bonchev–Trinajstić information content (AvgIpc) is 3.48. The normalized spacial score (nSPS) is 11.8. The molecule has 220 valence electrons. The van der Waals surface area contributed by atoms with Crippen molar-refractivity contribution < 1.29 is 14.3 Å². The second-order valence-electron chi connectivity index (χ2n) is 11.6. The Morgan fingerprint density at radius 2 is 1.50 bits per heavy atom. The third kappa shape index (κ3) is 9.73. The number of halogens is 1. The highest BCUT2D eigenvalue weighted by molar-refractivity contribution is 6.41. The van der Waals surface area contributed by atoms with Gasteiger partial charge in [-0.25, -0.2) is 4.98 Å². The molecule has 0 bridgehead atoms. The van der Waals surface area contributed by atoms with Gasteiger partial charge in [0.2, 0.25) is 5.78 Å². The van der Waals surface area contributed by atoms with Gasteiger partial charge in [-0.05, 0) is 30.7 Å². The van der Waals surface area contributed by atoms with Gasteiger partial charge in [-0.2, -0.15) is 4.63 Å². The SMILES string of the molecule is CCCCCCCCCCCCCCOCC(=O)C(=O)Nc1ccc(-c2nc3c(Cl)c(C(C)(C)C)[nH]n3n2)cc1. The Kier molecular flexibility index (Phi) is 12.7. The van der Waals surface area contributed by atoms with E-state index in [1.807, 2.05) is 0 Å². The number of Topliss-reactive ketones (excluding diaryl/α,β-unsaturated/α-hetero) is 1. The number of nitrogens with zero attached hydrogens (tertiary/aromatic N) is 3. The summed E-state index contributed by atoms with van der Waals surface area (Å²) in [6.07, 6.45) is 15.2. The van der Waals surface area contributed by atoms with E-state index in [1.165, 1.54) is 64.2 Å². The number of aromatic nitrogens is 4. The van der Waals surface area contributed by atoms with Crippen LogP contribution in [0.5, 0.6) is 0 Å². The van der Waals surface area contributed by atoms with Crippen molar-refractivity contribution >= 4 is 34.6 Å². The number of hydrogen-bond donors (Lipinski definition) is 2. The number of ketones is 1. The predicted molar refractivity (Wildman–Crippen MR) is 162 cm³/mol. The van der Waals surface area contributed by atoms with Crippen LogP contribution in [-0.2, 0) is 19.7 Å². The number of amides is 1. The number of nitrogens with one attached hydrogen (secondary N) is 2. The summed E-state index contributed by atoms with van der Waals surface area (Å²) in [4.78, 5) is 29.0. The zero-order valence-corrected chi connectivity index (χ0v) is 25.4. The number of rotatable bonds is 18. The monoisotopic (exact) mass is 571 g/mol. The molecule has 2 heterocycles. The minimum absolute atomic E-state index is 0.158. The molecule has 0 aliphatic heterocycles. The fraction of sp³-hybridized carbons (Fsp3) is 0.613. The standard InChI is InChI=1S/C31H46ClN5O3/c1-5-6-7-8-9-10-11-12-13-14-15-16-21-40-22-25(38)30(39)33-24-19-17-23(18-20-24)28-34-29-26(32)27(31(2,3)4)35-37(29)36-28/h17-20,35H,5-16,21-22H2,1-4H3,(H,33,39). The molecule has 2 aromatic heterocycles. The first-order valence-corrected chi connectivity index (χ1v) is 15.3. The lowest BCUT2D eigenvalue weighted by Crippen LogP contribution is -2.26. The van der Waals surface area contributed by atoms with Crippen LogP contribution in [0.1, 0.15) is 110 Å². The van der Waals surface area contributed by atoms with Crippen molar-refractivity contribution in [3.63, 3.8) is 0 Å². The first-order valence-electron chi connectivity index (χ1n) is 14.9. The van der Waals surface area contributed by atoms with E-state index in [2.05, 4.69) is 48.2 Å². The Hall–Kier alpha value is -2.71. The maximum atomic E-state index is 12.3. The second kappa shape index (κ2) is 15.9. The second-order valence-corrected chi connectivity index (χ2v) is 12.0. The first-order chi connectivity index (χ1) is 19.2. The van der Waals surface area contributed by atoms with Crippen LogP contribution in [0, 0.1) is 0 Å². The van der Waals surface area contributed by atoms with E-state index >= 15 is 0 Å². The number of hydrogen-bond acceptors (Lipinski definition) is 5. The number of carbonyl (C=O) groups excluding carboxylic acids is 2. The summed E-state index contributed by atoms with van der Waals surface area (Å²) in [5, 5.41) is 10.9. The molecule has 9 heteroatoms. The van der Waals surface area contributed by atoms with E-state index in [9.17, 15) is 9.59 Å². The number of fused-ring (bicyclic) bond motifs is 1. The van der Waals surface area contributed by atoms with Gasteiger partial charge in [0, 0.05) is 23.3 Å². The van der Waals surface area contributed by atoms with Gasteiger partial charge in [0.1, 0.15) is 11.6 Å². The molecule has 0 aliphatic carbocycles. The summed E-state index contributed by atoms with van der Waals surface area (Å²) in [7, 11) is 0. The summed E-state index contributed by atoms with van der Waals surface area (Å²) in [5.41, 5.74) is 2.56. The molecule has 1 aromatic carbocycles. The topological polar surface area (TPSA) is 101 Å². The van der Waals surface area contributed by atoms with E-state index in [4.69, 9.17) is 16.3 Å². The Bertz CT molecular complexity index is 1210. The Morgan fingerprint density at radius 1 is 0.925 bits per heavy atom. The molecule has 1 amide bonds. The van der Waals surface area contributed by atoms with E-state index in [-0.39, 0.29) is 12.0 Å². The van der Waals surface area contributed by atoms with Crippen molar-refractivity contribution in [2.75, 3.05) is 18.5 Å². The van der Waals surface area contributed by atoms with Crippen LogP contribution in [0.15, 0.2) is 24.3 Å². The van der Waals surface area contributed by atoms with E-state index in [0.717, 1.165) is 24.1 Å². The lowest BCUT2D eigenvalue weighted by atomic mass is 9.92. The fourth-order valence-electron chi connectivity index (χ4n) is 4.60. The highest BCUT2D eigenvalue weighted by atomic mass is 35.5. The molecule has 0 spiro atoms. The Balaban J connectivity index is 1.30. The van der Waals surface area contributed by atoms with Crippen molar-refractivity contribution in [1.82, 2.24) is 19.8 Å². The lowest BCUT2D eigenvalue weighted by molar-refractivity contribution is -0.137. The maximum absolute atomic E-state index is 12.3. The highest BCUT2D eigenvalue weighted by Gasteiger charge is 2.24. The zero-order chi connectivity index (χ0) is 29.0. The predicted octanol–water partition coefficient (Wildman–Crippen LogP) is 7.90. The maximum Gasteiger partial charge on any atom is 0.294 e. The minimum Gasteiger partial charge on any atom is -0.373 e. The highest BCUT2D eigenvalue weighted by Crippen LogP contribution is 2.32. The lowest BCUT2D eigenvalue weighted by Gasteiger charge is -2.16. The molecule has 2 N–H and O–H groups in total. The smallest absolute Gasteiger partial charge is 0.294 e. The summed E-state index contributed by atoms with van der Waals surface area (Å²) in [5.74, 6) is -0.761. The number of ether oxygens (including phenoxy) is 1. The van der Waals surface area contributed by atoms with Crippen molar-refractivity contribution in [2.24, 2.45) is 0 Å². The quantitative estimate of drug-likeness (QED) is 0.119. The molecule has 0 radical (unpaired) electrons. The number of anilines is 1. The van der Waals surface area contributed by atoms with Crippen LogP contribution in [-0.4, -0.2) is 44.7 Å². The molecule has 0 aliphatic rings. The molecule has 3 aromatic rings. The zero-order valence-electron chi connectivity index (χ0n) is 24.7. The largest absolute Gasteiger partial charge is 0.373 e.